The second-order valence-electron chi connectivity index (χ2n) is 4.39. The van der Waals surface area contributed by atoms with Crippen LogP contribution in [0.25, 0.3) is 0 Å². The Kier molecular flexibility index (Phi) is 3.14. The summed E-state index contributed by atoms with van der Waals surface area (Å²) in [6.07, 6.45) is -1.33. The van der Waals surface area contributed by atoms with Crippen molar-refractivity contribution >= 4 is 5.97 Å². The van der Waals surface area contributed by atoms with E-state index in [0.29, 0.717) is 11.3 Å². The first kappa shape index (κ1) is 12.7. The maximum absolute atomic E-state index is 12.0. The first-order chi connectivity index (χ1) is 9.66. The summed E-state index contributed by atoms with van der Waals surface area (Å²) in [7, 11) is 0. The van der Waals surface area contributed by atoms with Crippen LogP contribution in [0.2, 0.25) is 0 Å². The zero-order valence-electron chi connectivity index (χ0n) is 10.4. The summed E-state index contributed by atoms with van der Waals surface area (Å²) in [4.78, 5) is 12.0. The molecule has 1 fully saturated rings. The number of aliphatic hydroxyl groups is 1. The average molecular weight is 272 g/mol. The van der Waals surface area contributed by atoms with Crippen molar-refractivity contribution in [3.8, 4) is 11.5 Å². The summed E-state index contributed by atoms with van der Waals surface area (Å²) in [5.41, 5.74) is 0.684. The number of esters is 1. The Hall–Kier alpha value is -2.37. The van der Waals surface area contributed by atoms with Crippen LogP contribution in [0.15, 0.2) is 48.5 Å². The van der Waals surface area contributed by atoms with Gasteiger partial charge in [0.2, 0.25) is 0 Å². The third-order valence-corrected chi connectivity index (χ3v) is 3.02. The van der Waals surface area contributed by atoms with Crippen LogP contribution >= 0.6 is 0 Å². The minimum Gasteiger partial charge on any atom is -0.507 e. The average Bonchev–Trinajstić information content (AvgIpc) is 3.16. The highest BCUT2D eigenvalue weighted by Crippen LogP contribution is 2.41. The van der Waals surface area contributed by atoms with Crippen molar-refractivity contribution < 1.29 is 24.5 Å². The Labute approximate surface area is 115 Å². The van der Waals surface area contributed by atoms with E-state index in [2.05, 4.69) is 0 Å². The van der Waals surface area contributed by atoms with Gasteiger partial charge in [-0.1, -0.05) is 30.3 Å². The molecule has 20 heavy (non-hydrogen) atoms. The molecule has 2 unspecified atom stereocenters. The SMILES string of the molecule is O=C(Oc1ccccc1C1OC1O)c1ccccc1O. The number of rotatable bonds is 3. The van der Waals surface area contributed by atoms with Gasteiger partial charge in [-0.2, -0.15) is 0 Å². The van der Waals surface area contributed by atoms with Gasteiger partial charge in [0.25, 0.3) is 0 Å². The number of hydrogen-bond donors (Lipinski definition) is 2. The molecule has 102 valence electrons. The lowest BCUT2D eigenvalue weighted by Gasteiger charge is -2.09. The van der Waals surface area contributed by atoms with Gasteiger partial charge in [0.1, 0.15) is 23.2 Å². The molecule has 0 bridgehead atoms. The molecule has 2 N–H and O–H groups in total. The number of benzene rings is 2. The third-order valence-electron chi connectivity index (χ3n) is 3.02. The van der Waals surface area contributed by atoms with Gasteiger partial charge < -0.3 is 19.7 Å². The molecular formula is C15H12O5. The maximum Gasteiger partial charge on any atom is 0.347 e. The lowest BCUT2D eigenvalue weighted by atomic mass is 10.1. The van der Waals surface area contributed by atoms with E-state index in [9.17, 15) is 15.0 Å². The highest BCUT2D eigenvalue weighted by Gasteiger charge is 2.40. The van der Waals surface area contributed by atoms with Gasteiger partial charge in [-0.25, -0.2) is 4.79 Å². The van der Waals surface area contributed by atoms with Crippen molar-refractivity contribution in [2.75, 3.05) is 0 Å². The number of hydrogen-bond acceptors (Lipinski definition) is 5. The number of carbonyl (C=O) groups is 1. The number of aromatic hydroxyl groups is 1. The lowest BCUT2D eigenvalue weighted by molar-refractivity contribution is 0.0729. The molecule has 1 saturated heterocycles. The second kappa shape index (κ2) is 4.96. The first-order valence-electron chi connectivity index (χ1n) is 6.09. The number of phenolic OH excluding ortho intramolecular Hbond substituents is 1. The van der Waals surface area contributed by atoms with Gasteiger partial charge >= 0.3 is 5.97 Å². The fourth-order valence-electron chi connectivity index (χ4n) is 1.94. The molecule has 0 amide bonds. The highest BCUT2D eigenvalue weighted by atomic mass is 16.7. The summed E-state index contributed by atoms with van der Waals surface area (Å²) in [5.74, 6) is -0.495. The van der Waals surface area contributed by atoms with E-state index in [0.717, 1.165) is 0 Å². The Morgan fingerprint density at radius 1 is 1.10 bits per heavy atom. The number of carbonyl (C=O) groups excluding carboxylic acids is 1. The van der Waals surface area contributed by atoms with E-state index < -0.39 is 18.4 Å². The molecule has 5 heteroatoms. The van der Waals surface area contributed by atoms with Crippen LogP contribution in [-0.4, -0.2) is 22.5 Å². The third kappa shape index (κ3) is 2.36. The number of para-hydroxylation sites is 2. The molecule has 5 nitrogen and oxygen atoms in total. The van der Waals surface area contributed by atoms with Gasteiger partial charge in [0, 0.05) is 5.56 Å². The molecular weight excluding hydrogens is 260 g/mol. The topological polar surface area (TPSA) is 79.3 Å². The molecule has 0 saturated carbocycles. The van der Waals surface area contributed by atoms with Gasteiger partial charge in [-0.05, 0) is 18.2 Å². The Bertz CT molecular complexity index is 652. The quantitative estimate of drug-likeness (QED) is 0.507. The van der Waals surface area contributed by atoms with E-state index >= 15 is 0 Å². The van der Waals surface area contributed by atoms with Crippen molar-refractivity contribution in [1.29, 1.82) is 0 Å². The highest BCUT2D eigenvalue weighted by molar-refractivity contribution is 5.93. The summed E-state index contributed by atoms with van der Waals surface area (Å²) < 4.78 is 10.2. The van der Waals surface area contributed by atoms with E-state index in [-0.39, 0.29) is 11.3 Å². The summed E-state index contributed by atoms with van der Waals surface area (Å²) >= 11 is 0. The molecule has 2 aromatic carbocycles. The van der Waals surface area contributed by atoms with Crippen LogP contribution in [0.4, 0.5) is 0 Å². The fraction of sp³-hybridized carbons (Fsp3) is 0.133. The molecule has 3 rings (SSSR count). The largest absolute Gasteiger partial charge is 0.507 e. The minimum atomic E-state index is -0.861. The zero-order valence-corrected chi connectivity index (χ0v) is 10.4. The number of epoxide rings is 1. The van der Waals surface area contributed by atoms with Crippen LogP contribution in [0.1, 0.15) is 22.0 Å². The number of ether oxygens (including phenoxy) is 2. The van der Waals surface area contributed by atoms with Crippen LogP contribution in [-0.2, 0) is 4.74 Å². The molecule has 2 aromatic rings. The van der Waals surface area contributed by atoms with Crippen molar-refractivity contribution in [3.05, 3.63) is 59.7 Å². The predicted octanol–water partition coefficient (Wildman–Crippen LogP) is 2.00. The summed E-state index contributed by atoms with van der Waals surface area (Å²) in [5, 5.41) is 18.9. The standard InChI is InChI=1S/C15H12O5/c16-11-7-3-1-5-9(11)14(17)19-12-8-4-2-6-10(12)13-15(18)20-13/h1-8,13,15-16,18H. The zero-order chi connectivity index (χ0) is 14.1. The van der Waals surface area contributed by atoms with Gasteiger partial charge in [-0.15, -0.1) is 0 Å². The molecule has 0 spiro atoms. The molecule has 1 aliphatic heterocycles. The van der Waals surface area contributed by atoms with Crippen molar-refractivity contribution in [1.82, 2.24) is 0 Å². The molecule has 0 aliphatic carbocycles. The van der Waals surface area contributed by atoms with E-state index in [1.165, 1.54) is 12.1 Å². The van der Waals surface area contributed by atoms with Gasteiger partial charge in [0.05, 0.1) is 0 Å². The monoisotopic (exact) mass is 272 g/mol. The maximum atomic E-state index is 12.0. The van der Waals surface area contributed by atoms with E-state index in [1.54, 1.807) is 36.4 Å². The van der Waals surface area contributed by atoms with E-state index in [4.69, 9.17) is 9.47 Å². The molecule has 0 radical (unpaired) electrons. The number of phenols is 1. The molecule has 2 atom stereocenters. The smallest absolute Gasteiger partial charge is 0.347 e. The van der Waals surface area contributed by atoms with Crippen LogP contribution in [0, 0.1) is 0 Å². The Morgan fingerprint density at radius 2 is 1.75 bits per heavy atom. The summed E-state index contributed by atoms with van der Waals surface area (Å²) in [6.45, 7) is 0. The fourth-order valence-corrected chi connectivity index (χ4v) is 1.94. The molecule has 1 heterocycles. The van der Waals surface area contributed by atoms with Crippen LogP contribution < -0.4 is 4.74 Å². The Balaban J connectivity index is 1.85. The lowest BCUT2D eigenvalue weighted by Crippen LogP contribution is -2.10. The minimum absolute atomic E-state index is 0.0829. The van der Waals surface area contributed by atoms with Crippen LogP contribution in [0.3, 0.4) is 0 Å². The predicted molar refractivity (Wildman–Crippen MR) is 69.3 cm³/mol. The van der Waals surface area contributed by atoms with Crippen molar-refractivity contribution in [2.45, 2.75) is 12.4 Å². The first-order valence-corrected chi connectivity index (χ1v) is 6.09. The molecule has 1 aliphatic rings. The van der Waals surface area contributed by atoms with Gasteiger partial charge in [0.15, 0.2) is 6.29 Å². The van der Waals surface area contributed by atoms with Crippen molar-refractivity contribution in [3.63, 3.8) is 0 Å². The van der Waals surface area contributed by atoms with Crippen molar-refractivity contribution in [2.24, 2.45) is 0 Å². The summed E-state index contributed by atoms with van der Waals surface area (Å²) in [6, 6.07) is 13.0. The molecule has 0 aromatic heterocycles. The number of aliphatic hydroxyl groups excluding tert-OH is 1. The van der Waals surface area contributed by atoms with E-state index in [1.807, 2.05) is 0 Å². The van der Waals surface area contributed by atoms with Crippen LogP contribution in [0.5, 0.6) is 11.5 Å². The normalized spacial score (nSPS) is 20.4. The van der Waals surface area contributed by atoms with Gasteiger partial charge in [-0.3, -0.25) is 0 Å². The Morgan fingerprint density at radius 3 is 2.45 bits per heavy atom. The second-order valence-corrected chi connectivity index (χ2v) is 4.39.